The second-order valence-electron chi connectivity index (χ2n) is 4.19. The Kier molecular flexibility index (Phi) is 3.60. The third-order valence-electron chi connectivity index (χ3n) is 3.00. The van der Waals surface area contributed by atoms with Gasteiger partial charge >= 0.3 is 0 Å². The number of halogens is 1. The van der Waals surface area contributed by atoms with Crippen LogP contribution in [0.25, 0.3) is 0 Å². The molecule has 0 fully saturated rings. The van der Waals surface area contributed by atoms with Gasteiger partial charge in [-0.3, -0.25) is 0 Å². The first-order valence-corrected chi connectivity index (χ1v) is 6.48. The van der Waals surface area contributed by atoms with Crippen LogP contribution in [0.2, 0.25) is 0 Å². The summed E-state index contributed by atoms with van der Waals surface area (Å²) in [5.41, 5.74) is 3.40. The third kappa shape index (κ3) is 2.40. The van der Waals surface area contributed by atoms with Gasteiger partial charge in [0.15, 0.2) is 0 Å². The Morgan fingerprint density at radius 2 is 1.94 bits per heavy atom. The lowest BCUT2D eigenvalue weighted by Gasteiger charge is -2.18. The van der Waals surface area contributed by atoms with Crippen LogP contribution in [-0.2, 0) is 0 Å². The first-order chi connectivity index (χ1) is 8.13. The fourth-order valence-electron chi connectivity index (χ4n) is 2.07. The molecule has 0 aliphatic heterocycles. The van der Waals surface area contributed by atoms with Crippen LogP contribution >= 0.6 is 11.3 Å². The van der Waals surface area contributed by atoms with E-state index in [0.29, 0.717) is 0 Å². The number of thiophene rings is 1. The lowest BCUT2D eigenvalue weighted by atomic mass is 9.98. The van der Waals surface area contributed by atoms with E-state index in [9.17, 15) is 4.39 Å². The molecule has 0 saturated heterocycles. The summed E-state index contributed by atoms with van der Waals surface area (Å²) in [7, 11) is 1.94. The van der Waals surface area contributed by atoms with E-state index >= 15 is 0 Å². The van der Waals surface area contributed by atoms with Crippen LogP contribution in [0.5, 0.6) is 0 Å². The van der Waals surface area contributed by atoms with Gasteiger partial charge in [0.05, 0.1) is 6.04 Å². The van der Waals surface area contributed by atoms with Gasteiger partial charge in [0.25, 0.3) is 0 Å². The monoisotopic (exact) mass is 249 g/mol. The maximum Gasteiger partial charge on any atom is 0.123 e. The molecule has 1 atom stereocenters. The molecule has 1 heterocycles. The smallest absolute Gasteiger partial charge is 0.123 e. The highest BCUT2D eigenvalue weighted by Crippen LogP contribution is 2.30. The fraction of sp³-hybridized carbons (Fsp3) is 0.286. The lowest BCUT2D eigenvalue weighted by molar-refractivity contribution is 0.621. The first kappa shape index (κ1) is 12.3. The highest BCUT2D eigenvalue weighted by Gasteiger charge is 2.17. The maximum absolute atomic E-state index is 13.1. The van der Waals surface area contributed by atoms with E-state index in [2.05, 4.69) is 23.7 Å². The van der Waals surface area contributed by atoms with Crippen molar-refractivity contribution in [1.29, 1.82) is 0 Å². The predicted molar refractivity (Wildman–Crippen MR) is 71.1 cm³/mol. The highest BCUT2D eigenvalue weighted by molar-refractivity contribution is 7.10. The lowest BCUT2D eigenvalue weighted by Crippen LogP contribution is -2.18. The van der Waals surface area contributed by atoms with Gasteiger partial charge in [-0.25, -0.2) is 4.39 Å². The van der Waals surface area contributed by atoms with Crippen molar-refractivity contribution in [1.82, 2.24) is 5.32 Å². The van der Waals surface area contributed by atoms with Gasteiger partial charge in [-0.1, -0.05) is 6.07 Å². The molecular formula is C14H16FNS. The van der Waals surface area contributed by atoms with E-state index in [1.807, 2.05) is 20.0 Å². The third-order valence-corrected chi connectivity index (χ3v) is 4.08. The van der Waals surface area contributed by atoms with E-state index in [4.69, 9.17) is 0 Å². The van der Waals surface area contributed by atoms with Crippen LogP contribution in [0.1, 0.15) is 27.6 Å². The second-order valence-corrected chi connectivity index (χ2v) is 5.14. The summed E-state index contributed by atoms with van der Waals surface area (Å²) in [5.74, 6) is -0.177. The number of benzene rings is 1. The van der Waals surface area contributed by atoms with Gasteiger partial charge in [-0.05, 0) is 61.2 Å². The molecule has 1 nitrogen and oxygen atoms in total. The topological polar surface area (TPSA) is 12.0 Å². The predicted octanol–water partition coefficient (Wildman–Crippen LogP) is 3.81. The summed E-state index contributed by atoms with van der Waals surface area (Å²) in [5, 5.41) is 5.40. The Morgan fingerprint density at radius 1 is 1.18 bits per heavy atom. The molecular weight excluding hydrogens is 233 g/mol. The van der Waals surface area contributed by atoms with Gasteiger partial charge in [-0.15, -0.1) is 11.3 Å². The van der Waals surface area contributed by atoms with E-state index in [1.165, 1.54) is 16.5 Å². The molecule has 1 N–H and O–H groups in total. The molecule has 1 unspecified atom stereocenters. The van der Waals surface area contributed by atoms with Crippen LogP contribution in [0.3, 0.4) is 0 Å². The molecule has 0 aliphatic carbocycles. The maximum atomic E-state index is 13.1. The van der Waals surface area contributed by atoms with Crippen LogP contribution < -0.4 is 5.32 Å². The molecule has 0 saturated carbocycles. The van der Waals surface area contributed by atoms with Gasteiger partial charge < -0.3 is 5.32 Å². The number of rotatable bonds is 3. The summed E-state index contributed by atoms with van der Waals surface area (Å²) in [6.45, 7) is 4.06. The van der Waals surface area contributed by atoms with E-state index in [-0.39, 0.29) is 11.9 Å². The second kappa shape index (κ2) is 4.98. The van der Waals surface area contributed by atoms with Crippen molar-refractivity contribution >= 4 is 11.3 Å². The summed E-state index contributed by atoms with van der Waals surface area (Å²) in [4.78, 5) is 1.29. The summed E-state index contributed by atoms with van der Waals surface area (Å²) >= 11 is 1.73. The molecule has 17 heavy (non-hydrogen) atoms. The Labute approximate surface area is 105 Å². The standard InChI is InChI=1S/C14H16FNS/c1-9-6-7-17-14(9)13(16-3)12-5-4-11(15)8-10(12)2/h4-8,13,16H,1-3H3. The SMILES string of the molecule is CNC(c1ccc(F)cc1C)c1sccc1C. The molecule has 0 bridgehead atoms. The molecule has 1 aromatic heterocycles. The zero-order chi connectivity index (χ0) is 12.4. The molecule has 2 rings (SSSR count). The van der Waals surface area contributed by atoms with E-state index < -0.39 is 0 Å². The van der Waals surface area contributed by atoms with Crippen molar-refractivity contribution in [3.8, 4) is 0 Å². The minimum atomic E-state index is -0.177. The van der Waals surface area contributed by atoms with Crippen LogP contribution in [0.15, 0.2) is 29.6 Å². The Morgan fingerprint density at radius 3 is 2.47 bits per heavy atom. The first-order valence-electron chi connectivity index (χ1n) is 5.60. The van der Waals surface area contributed by atoms with Crippen molar-refractivity contribution in [3.63, 3.8) is 0 Å². The molecule has 0 amide bonds. The number of nitrogens with one attached hydrogen (secondary N) is 1. The normalized spacial score (nSPS) is 12.7. The van der Waals surface area contributed by atoms with Crippen molar-refractivity contribution in [3.05, 3.63) is 57.0 Å². The van der Waals surface area contributed by atoms with Crippen molar-refractivity contribution in [2.24, 2.45) is 0 Å². The summed E-state index contributed by atoms with van der Waals surface area (Å²) in [6, 6.07) is 7.24. The minimum absolute atomic E-state index is 0.149. The minimum Gasteiger partial charge on any atom is -0.309 e. The summed E-state index contributed by atoms with van der Waals surface area (Å²) < 4.78 is 13.1. The van der Waals surface area contributed by atoms with Crippen molar-refractivity contribution in [2.45, 2.75) is 19.9 Å². The van der Waals surface area contributed by atoms with Gasteiger partial charge in [-0.2, -0.15) is 0 Å². The van der Waals surface area contributed by atoms with E-state index in [1.54, 1.807) is 17.4 Å². The number of hydrogen-bond donors (Lipinski definition) is 1. The highest BCUT2D eigenvalue weighted by atomic mass is 32.1. The average molecular weight is 249 g/mol. The Bertz CT molecular complexity index is 519. The molecule has 0 spiro atoms. The van der Waals surface area contributed by atoms with Gasteiger partial charge in [0, 0.05) is 4.88 Å². The molecule has 1 aromatic carbocycles. The number of hydrogen-bond acceptors (Lipinski definition) is 2. The van der Waals surface area contributed by atoms with Crippen molar-refractivity contribution in [2.75, 3.05) is 7.05 Å². The summed E-state index contributed by atoms with van der Waals surface area (Å²) in [6.07, 6.45) is 0. The molecule has 2 aromatic rings. The molecule has 0 radical (unpaired) electrons. The van der Waals surface area contributed by atoms with Gasteiger partial charge in [0.1, 0.15) is 5.82 Å². The molecule has 3 heteroatoms. The molecule has 0 aliphatic rings. The van der Waals surface area contributed by atoms with Gasteiger partial charge in [0.2, 0.25) is 0 Å². The van der Waals surface area contributed by atoms with Crippen LogP contribution in [0, 0.1) is 19.7 Å². The molecule has 90 valence electrons. The Hall–Kier alpha value is -1.19. The quantitative estimate of drug-likeness (QED) is 0.872. The van der Waals surface area contributed by atoms with Crippen molar-refractivity contribution < 1.29 is 4.39 Å². The van der Waals surface area contributed by atoms with Crippen LogP contribution in [-0.4, -0.2) is 7.05 Å². The number of aryl methyl sites for hydroxylation is 2. The zero-order valence-corrected chi connectivity index (χ0v) is 11.1. The average Bonchev–Trinajstić information content (AvgIpc) is 2.69. The largest absolute Gasteiger partial charge is 0.309 e. The van der Waals surface area contributed by atoms with E-state index in [0.717, 1.165) is 11.1 Å². The zero-order valence-electron chi connectivity index (χ0n) is 10.3. The Balaban J connectivity index is 2.46. The fourth-order valence-corrected chi connectivity index (χ4v) is 3.12. The van der Waals surface area contributed by atoms with Crippen LogP contribution in [0.4, 0.5) is 4.39 Å².